The second kappa shape index (κ2) is 7.19. The molecular formula is C20H21FN4O2. The van der Waals surface area contributed by atoms with Crippen LogP contribution in [0.5, 0.6) is 0 Å². The van der Waals surface area contributed by atoms with Gasteiger partial charge in [-0.2, -0.15) is 5.10 Å². The summed E-state index contributed by atoms with van der Waals surface area (Å²) in [5, 5.41) is 5.71. The van der Waals surface area contributed by atoms with Crippen LogP contribution in [0, 0.1) is 19.7 Å². The molecular weight excluding hydrogens is 347 g/mol. The van der Waals surface area contributed by atoms with Gasteiger partial charge in [0.05, 0.1) is 5.69 Å². The molecule has 0 radical (unpaired) electrons. The quantitative estimate of drug-likeness (QED) is 0.901. The first-order chi connectivity index (χ1) is 12.8. The number of benzene rings is 2. The van der Waals surface area contributed by atoms with E-state index in [0.29, 0.717) is 5.69 Å². The molecule has 2 aromatic rings. The fraction of sp³-hybridized carbons (Fsp3) is 0.250. The van der Waals surface area contributed by atoms with Crippen LogP contribution in [0.1, 0.15) is 17.5 Å². The van der Waals surface area contributed by atoms with Gasteiger partial charge in [-0.15, -0.1) is 0 Å². The number of halogens is 1. The standard InChI is InChI=1S/C20H21FN4O2/c1-12-4-5-13(2)17(10-12)24(3)20(27)16-11-18(19(22)26)25(23-16)15-8-6-14(21)7-9-15/h4-10,18H,11H2,1-3H3,(H2,22,26). The Balaban J connectivity index is 1.92. The van der Waals surface area contributed by atoms with Crippen molar-refractivity contribution in [3.63, 3.8) is 0 Å². The van der Waals surface area contributed by atoms with Gasteiger partial charge in [0.15, 0.2) is 0 Å². The largest absolute Gasteiger partial charge is 0.368 e. The highest BCUT2D eigenvalue weighted by atomic mass is 19.1. The molecule has 0 spiro atoms. The second-order valence-electron chi connectivity index (χ2n) is 6.64. The van der Waals surface area contributed by atoms with Crippen molar-refractivity contribution in [3.05, 3.63) is 59.4 Å². The Morgan fingerprint density at radius 1 is 1.19 bits per heavy atom. The maximum Gasteiger partial charge on any atom is 0.274 e. The molecule has 0 saturated carbocycles. The number of carbonyl (C=O) groups is 2. The molecule has 27 heavy (non-hydrogen) atoms. The highest BCUT2D eigenvalue weighted by molar-refractivity contribution is 6.44. The minimum Gasteiger partial charge on any atom is -0.368 e. The number of hydrazone groups is 1. The summed E-state index contributed by atoms with van der Waals surface area (Å²) in [6, 6.07) is 10.6. The molecule has 6 nitrogen and oxygen atoms in total. The zero-order chi connectivity index (χ0) is 19.7. The van der Waals surface area contributed by atoms with Crippen LogP contribution < -0.4 is 15.6 Å². The van der Waals surface area contributed by atoms with Gasteiger partial charge >= 0.3 is 0 Å². The van der Waals surface area contributed by atoms with E-state index in [1.54, 1.807) is 7.05 Å². The molecule has 2 amide bonds. The predicted octanol–water partition coefficient (Wildman–Crippen LogP) is 2.53. The lowest BCUT2D eigenvalue weighted by Gasteiger charge is -2.20. The number of aryl methyl sites for hydroxylation is 2. The average Bonchev–Trinajstić information content (AvgIpc) is 3.09. The third-order valence-electron chi connectivity index (χ3n) is 4.61. The number of anilines is 2. The Hall–Kier alpha value is -3.22. The Labute approximate surface area is 157 Å². The summed E-state index contributed by atoms with van der Waals surface area (Å²) < 4.78 is 13.2. The van der Waals surface area contributed by atoms with Gasteiger partial charge < -0.3 is 10.6 Å². The van der Waals surface area contributed by atoms with Crippen molar-refractivity contribution in [2.24, 2.45) is 10.8 Å². The van der Waals surface area contributed by atoms with Crippen molar-refractivity contribution in [3.8, 4) is 0 Å². The van der Waals surface area contributed by atoms with E-state index in [1.807, 2.05) is 32.0 Å². The van der Waals surface area contributed by atoms with Crippen LogP contribution in [0.3, 0.4) is 0 Å². The Morgan fingerprint density at radius 3 is 2.48 bits per heavy atom. The fourth-order valence-electron chi connectivity index (χ4n) is 3.08. The summed E-state index contributed by atoms with van der Waals surface area (Å²) in [5.74, 6) is -1.30. The topological polar surface area (TPSA) is 79.0 Å². The van der Waals surface area contributed by atoms with E-state index >= 15 is 0 Å². The molecule has 3 rings (SSSR count). The van der Waals surface area contributed by atoms with E-state index < -0.39 is 17.8 Å². The molecule has 1 aliphatic rings. The van der Waals surface area contributed by atoms with Gasteiger partial charge in [-0.3, -0.25) is 14.6 Å². The smallest absolute Gasteiger partial charge is 0.274 e. The molecule has 0 fully saturated rings. The molecule has 1 unspecified atom stereocenters. The van der Waals surface area contributed by atoms with E-state index in [2.05, 4.69) is 5.10 Å². The summed E-state index contributed by atoms with van der Waals surface area (Å²) in [4.78, 5) is 26.4. The van der Waals surface area contributed by atoms with Crippen molar-refractivity contribution in [2.45, 2.75) is 26.3 Å². The van der Waals surface area contributed by atoms with Crippen molar-refractivity contribution in [1.82, 2.24) is 0 Å². The molecule has 2 N–H and O–H groups in total. The lowest BCUT2D eigenvalue weighted by Crippen LogP contribution is -2.40. The van der Waals surface area contributed by atoms with Crippen LogP contribution in [0.2, 0.25) is 0 Å². The molecule has 1 heterocycles. The number of primary amides is 1. The van der Waals surface area contributed by atoms with Crippen molar-refractivity contribution < 1.29 is 14.0 Å². The molecule has 7 heteroatoms. The van der Waals surface area contributed by atoms with Crippen LogP contribution >= 0.6 is 0 Å². The lowest BCUT2D eigenvalue weighted by molar-refractivity contribution is -0.119. The van der Waals surface area contributed by atoms with Crippen molar-refractivity contribution >= 4 is 28.9 Å². The van der Waals surface area contributed by atoms with Crippen LogP contribution in [0.15, 0.2) is 47.6 Å². The zero-order valence-electron chi connectivity index (χ0n) is 15.4. The summed E-state index contributed by atoms with van der Waals surface area (Å²) in [7, 11) is 1.67. The number of hydrogen-bond donors (Lipinski definition) is 1. The molecule has 2 aromatic carbocycles. The van der Waals surface area contributed by atoms with Gasteiger partial charge in [-0.25, -0.2) is 4.39 Å². The normalized spacial score (nSPS) is 16.2. The minimum atomic E-state index is -0.790. The van der Waals surface area contributed by atoms with Crippen molar-refractivity contribution in [1.29, 1.82) is 0 Å². The fourth-order valence-corrected chi connectivity index (χ4v) is 3.08. The van der Waals surface area contributed by atoms with Crippen LogP contribution in [-0.4, -0.2) is 30.6 Å². The Morgan fingerprint density at radius 2 is 1.85 bits per heavy atom. The average molecular weight is 368 g/mol. The van der Waals surface area contributed by atoms with Gasteiger partial charge in [-0.05, 0) is 55.3 Å². The maximum atomic E-state index is 13.2. The third-order valence-corrected chi connectivity index (χ3v) is 4.61. The summed E-state index contributed by atoms with van der Waals surface area (Å²) in [6.07, 6.45) is 0.0980. The Kier molecular flexibility index (Phi) is 4.94. The minimum absolute atomic E-state index is 0.0980. The molecule has 0 saturated heterocycles. The van der Waals surface area contributed by atoms with E-state index in [1.165, 1.54) is 34.2 Å². The number of rotatable bonds is 4. The van der Waals surface area contributed by atoms with Gasteiger partial charge in [0.1, 0.15) is 17.6 Å². The third kappa shape index (κ3) is 3.67. The molecule has 0 aliphatic carbocycles. The SMILES string of the molecule is Cc1ccc(C)c(N(C)C(=O)C2=NN(c3ccc(F)cc3)C(C(N)=O)C2)c1. The summed E-state index contributed by atoms with van der Waals surface area (Å²) in [6.45, 7) is 3.87. The van der Waals surface area contributed by atoms with Crippen LogP contribution in [0.4, 0.5) is 15.8 Å². The molecule has 140 valence electrons. The van der Waals surface area contributed by atoms with E-state index in [0.717, 1.165) is 16.8 Å². The van der Waals surface area contributed by atoms with Crippen molar-refractivity contribution in [2.75, 3.05) is 17.0 Å². The first kappa shape index (κ1) is 18.6. The monoisotopic (exact) mass is 368 g/mol. The molecule has 1 atom stereocenters. The number of nitrogens with zero attached hydrogens (tertiary/aromatic N) is 3. The zero-order valence-corrected chi connectivity index (χ0v) is 15.4. The van der Waals surface area contributed by atoms with Gasteiger partial charge in [0, 0.05) is 19.2 Å². The lowest BCUT2D eigenvalue weighted by atomic mass is 10.1. The molecule has 0 aromatic heterocycles. The number of hydrogen-bond acceptors (Lipinski definition) is 4. The van der Waals surface area contributed by atoms with Crippen LogP contribution in [-0.2, 0) is 9.59 Å². The Bertz CT molecular complexity index is 924. The predicted molar refractivity (Wildman–Crippen MR) is 103 cm³/mol. The highest BCUT2D eigenvalue weighted by Gasteiger charge is 2.36. The molecule has 0 bridgehead atoms. The van der Waals surface area contributed by atoms with Crippen LogP contribution in [0.25, 0.3) is 0 Å². The van der Waals surface area contributed by atoms with Gasteiger partial charge in [0.2, 0.25) is 5.91 Å². The maximum absolute atomic E-state index is 13.2. The van der Waals surface area contributed by atoms with Gasteiger partial charge in [0.25, 0.3) is 5.91 Å². The number of amides is 2. The number of nitrogens with two attached hydrogens (primary N) is 1. The van der Waals surface area contributed by atoms with E-state index in [4.69, 9.17) is 5.73 Å². The second-order valence-corrected chi connectivity index (χ2v) is 6.64. The first-order valence-corrected chi connectivity index (χ1v) is 8.55. The van der Waals surface area contributed by atoms with E-state index in [-0.39, 0.29) is 18.0 Å². The summed E-state index contributed by atoms with van der Waals surface area (Å²) in [5.41, 5.74) is 8.99. The summed E-state index contributed by atoms with van der Waals surface area (Å²) >= 11 is 0. The first-order valence-electron chi connectivity index (χ1n) is 8.55. The van der Waals surface area contributed by atoms with E-state index in [9.17, 15) is 14.0 Å². The molecule has 1 aliphatic heterocycles. The highest BCUT2D eigenvalue weighted by Crippen LogP contribution is 2.27. The number of carbonyl (C=O) groups excluding carboxylic acids is 2. The van der Waals surface area contributed by atoms with Gasteiger partial charge in [-0.1, -0.05) is 12.1 Å².